The summed E-state index contributed by atoms with van der Waals surface area (Å²) < 4.78 is 4.63. The van der Waals surface area contributed by atoms with Crippen LogP contribution in [0.3, 0.4) is 0 Å². The van der Waals surface area contributed by atoms with E-state index in [9.17, 15) is 4.79 Å². The second kappa shape index (κ2) is 5.20. The summed E-state index contributed by atoms with van der Waals surface area (Å²) in [6, 6.07) is 0. The van der Waals surface area contributed by atoms with Gasteiger partial charge >= 0.3 is 6.16 Å². The Morgan fingerprint density at radius 2 is 2.27 bits per heavy atom. The average Bonchev–Trinajstić information content (AvgIpc) is 1.87. The Kier molecular flexibility index (Phi) is 4.97. The van der Waals surface area contributed by atoms with Crippen LogP contribution < -0.4 is 0 Å². The molecule has 0 heterocycles. The third kappa shape index (κ3) is 4.86. The molecule has 0 saturated heterocycles. The van der Waals surface area contributed by atoms with E-state index < -0.39 is 6.16 Å². The minimum Gasteiger partial charge on any atom is -0.433 e. The number of carbonyl (C=O) groups is 1. The topological polar surface area (TPSA) is 38.8 Å². The van der Waals surface area contributed by atoms with Gasteiger partial charge < -0.3 is 9.57 Å². The first-order chi connectivity index (χ1) is 5.07. The molecule has 0 aromatic heterocycles. The summed E-state index contributed by atoms with van der Waals surface area (Å²) >= 11 is 8.34. The van der Waals surface area contributed by atoms with Crippen molar-refractivity contribution in [3.63, 3.8) is 0 Å². The number of thiocarbonyl (C=S) groups is 1. The predicted molar refractivity (Wildman–Crippen MR) is 47.5 cm³/mol. The van der Waals surface area contributed by atoms with E-state index in [1.54, 1.807) is 6.92 Å². The zero-order valence-electron chi connectivity index (χ0n) is 6.23. The van der Waals surface area contributed by atoms with Gasteiger partial charge in [0.1, 0.15) is 0 Å². The van der Waals surface area contributed by atoms with Crippen molar-refractivity contribution in [2.75, 3.05) is 13.7 Å². The average molecular weight is 195 g/mol. The summed E-state index contributed by atoms with van der Waals surface area (Å²) in [5.41, 5.74) is 0. The van der Waals surface area contributed by atoms with E-state index in [1.165, 1.54) is 7.05 Å². The molecule has 4 nitrogen and oxygen atoms in total. The molecule has 64 valence electrons. The molecular formula is C5H9NO3S2. The Morgan fingerprint density at radius 1 is 1.73 bits per heavy atom. The number of nitrogens with zero attached hydrogens (tertiary/aromatic N) is 1. The third-order valence-electron chi connectivity index (χ3n) is 0.743. The Bertz CT molecular complexity index is 162. The first kappa shape index (κ1) is 10.5. The molecule has 0 unspecified atom stereocenters. The molecule has 0 aromatic rings. The summed E-state index contributed by atoms with van der Waals surface area (Å²) in [5, 5.41) is 1.04. The second-order valence-electron chi connectivity index (χ2n) is 1.55. The van der Waals surface area contributed by atoms with Crippen molar-refractivity contribution in [2.24, 2.45) is 0 Å². The lowest BCUT2D eigenvalue weighted by atomic mass is 10.9. The van der Waals surface area contributed by atoms with Crippen molar-refractivity contribution in [3.8, 4) is 0 Å². The van der Waals surface area contributed by atoms with E-state index in [4.69, 9.17) is 0 Å². The lowest BCUT2D eigenvalue weighted by Crippen LogP contribution is -2.25. The molecule has 0 amide bonds. The number of ether oxygens (including phenoxy) is 1. The van der Waals surface area contributed by atoms with Crippen molar-refractivity contribution >= 4 is 35.3 Å². The molecule has 0 bridgehead atoms. The van der Waals surface area contributed by atoms with E-state index >= 15 is 0 Å². The highest BCUT2D eigenvalue weighted by Crippen LogP contribution is 1.95. The van der Waals surface area contributed by atoms with Crippen LogP contribution in [-0.2, 0) is 9.57 Å². The van der Waals surface area contributed by atoms with Crippen molar-refractivity contribution in [2.45, 2.75) is 6.92 Å². The molecule has 0 aliphatic carbocycles. The van der Waals surface area contributed by atoms with Gasteiger partial charge in [0.05, 0.1) is 6.61 Å². The Labute approximate surface area is 75.8 Å². The summed E-state index contributed by atoms with van der Waals surface area (Å²) in [4.78, 5) is 15.1. The van der Waals surface area contributed by atoms with Crippen LogP contribution in [0.4, 0.5) is 4.79 Å². The molecule has 0 aromatic carbocycles. The number of hydrogen-bond acceptors (Lipinski definition) is 4. The molecule has 0 aliphatic heterocycles. The molecule has 0 N–H and O–H groups in total. The number of thiol groups is 1. The van der Waals surface area contributed by atoms with Gasteiger partial charge in [0.2, 0.25) is 0 Å². The molecule has 0 saturated carbocycles. The smallest absolute Gasteiger partial charge is 0.433 e. The maximum absolute atomic E-state index is 10.6. The van der Waals surface area contributed by atoms with Crippen molar-refractivity contribution < 1.29 is 14.4 Å². The summed E-state index contributed by atoms with van der Waals surface area (Å²) in [7, 11) is 1.46. The van der Waals surface area contributed by atoms with E-state index in [1.807, 2.05) is 0 Å². The van der Waals surface area contributed by atoms with Crippen LogP contribution in [0.2, 0.25) is 0 Å². The van der Waals surface area contributed by atoms with Crippen LogP contribution in [0.15, 0.2) is 0 Å². The number of hydrogen-bond donors (Lipinski definition) is 1. The molecule has 11 heavy (non-hydrogen) atoms. The van der Waals surface area contributed by atoms with Crippen LogP contribution in [0.5, 0.6) is 0 Å². The fraction of sp³-hybridized carbons (Fsp3) is 0.600. The minimum atomic E-state index is -0.786. The number of rotatable bonds is 1. The quantitative estimate of drug-likeness (QED) is 0.295. The van der Waals surface area contributed by atoms with Gasteiger partial charge in [-0.1, -0.05) is 0 Å². The van der Waals surface area contributed by atoms with E-state index in [0.717, 1.165) is 5.06 Å². The largest absolute Gasteiger partial charge is 0.533 e. The monoisotopic (exact) mass is 195 g/mol. The van der Waals surface area contributed by atoms with Gasteiger partial charge in [-0.3, -0.25) is 0 Å². The molecule has 0 fully saturated rings. The lowest BCUT2D eigenvalue weighted by molar-refractivity contribution is -0.0543. The highest BCUT2D eigenvalue weighted by molar-refractivity contribution is 8.10. The Hall–Kier alpha value is -0.490. The van der Waals surface area contributed by atoms with Gasteiger partial charge in [-0.2, -0.15) is 5.06 Å². The maximum Gasteiger partial charge on any atom is 0.533 e. The van der Waals surface area contributed by atoms with Crippen molar-refractivity contribution in [1.82, 2.24) is 5.06 Å². The molecule has 0 radical (unpaired) electrons. The second-order valence-corrected chi connectivity index (χ2v) is 2.67. The van der Waals surface area contributed by atoms with E-state index in [0.29, 0.717) is 0 Å². The minimum absolute atomic E-state index is 0.165. The zero-order valence-corrected chi connectivity index (χ0v) is 7.95. The normalized spacial score (nSPS) is 8.64. The first-order valence-electron chi connectivity index (χ1n) is 2.89. The zero-order chi connectivity index (χ0) is 8.85. The summed E-state index contributed by atoms with van der Waals surface area (Å²) in [5.74, 6) is 0. The lowest BCUT2D eigenvalue weighted by Gasteiger charge is -2.13. The first-order valence-corrected chi connectivity index (χ1v) is 3.74. The van der Waals surface area contributed by atoms with Gasteiger partial charge in [-0.25, -0.2) is 4.79 Å². The predicted octanol–water partition coefficient (Wildman–Crippen LogP) is 1.22. The number of carbonyl (C=O) groups excluding carboxylic acids is 1. The Balaban J connectivity index is 3.66. The molecule has 0 rings (SSSR count). The molecule has 0 atom stereocenters. The van der Waals surface area contributed by atoms with Crippen molar-refractivity contribution in [1.29, 1.82) is 0 Å². The van der Waals surface area contributed by atoms with Gasteiger partial charge in [0.25, 0.3) is 0 Å². The fourth-order valence-electron chi connectivity index (χ4n) is 0.295. The molecule has 0 aliphatic rings. The standard InChI is InChI=1S/C5H9NO3S2/c1-3-8-5(7)9-6(2)4(10)11/h3H2,1-2H3,(H,10,11). The fourth-order valence-corrected chi connectivity index (χ4v) is 0.373. The highest BCUT2D eigenvalue weighted by Gasteiger charge is 2.07. The molecule has 6 heteroatoms. The van der Waals surface area contributed by atoms with Crippen LogP contribution in [0.1, 0.15) is 6.92 Å². The van der Waals surface area contributed by atoms with Crippen LogP contribution in [0, 0.1) is 0 Å². The number of hydroxylamine groups is 2. The van der Waals surface area contributed by atoms with Gasteiger partial charge in [0.15, 0.2) is 4.32 Å². The van der Waals surface area contributed by atoms with Crippen LogP contribution >= 0.6 is 24.8 Å². The SMILES string of the molecule is CCOC(=O)ON(C)C(=S)S. The molecular weight excluding hydrogens is 186 g/mol. The van der Waals surface area contributed by atoms with Gasteiger partial charge in [-0.15, -0.1) is 12.6 Å². The Morgan fingerprint density at radius 3 is 2.64 bits per heavy atom. The summed E-state index contributed by atoms with van der Waals surface area (Å²) in [6.45, 7) is 1.95. The van der Waals surface area contributed by atoms with Gasteiger partial charge in [0, 0.05) is 7.05 Å². The third-order valence-corrected chi connectivity index (χ3v) is 1.28. The van der Waals surface area contributed by atoms with Crippen LogP contribution in [-0.4, -0.2) is 29.2 Å². The van der Waals surface area contributed by atoms with E-state index in [-0.39, 0.29) is 10.9 Å². The van der Waals surface area contributed by atoms with Gasteiger partial charge in [-0.05, 0) is 19.1 Å². The van der Waals surface area contributed by atoms with Crippen molar-refractivity contribution in [3.05, 3.63) is 0 Å². The summed E-state index contributed by atoms with van der Waals surface area (Å²) in [6.07, 6.45) is -0.786. The van der Waals surface area contributed by atoms with Crippen LogP contribution in [0.25, 0.3) is 0 Å². The van der Waals surface area contributed by atoms with E-state index in [2.05, 4.69) is 34.4 Å². The maximum atomic E-state index is 10.6. The molecule has 0 spiro atoms. The highest BCUT2D eigenvalue weighted by atomic mass is 32.1.